The highest BCUT2D eigenvalue weighted by atomic mass is 35.5. The molecule has 1 aliphatic rings. The summed E-state index contributed by atoms with van der Waals surface area (Å²) in [6, 6.07) is 4.89. The number of aryl methyl sites for hydroxylation is 1. The van der Waals surface area contributed by atoms with Gasteiger partial charge in [0.15, 0.2) is 5.82 Å². The number of aromatic nitrogens is 3. The molecule has 3 N–H and O–H groups in total. The maximum Gasteiger partial charge on any atom is 0.241 e. The third-order valence-electron chi connectivity index (χ3n) is 4.55. The first-order valence-electron chi connectivity index (χ1n) is 8.87. The lowest BCUT2D eigenvalue weighted by atomic mass is 10.1. The summed E-state index contributed by atoms with van der Waals surface area (Å²) < 4.78 is 2.14. The average molecular weight is 467 g/mol. The molecule has 0 spiro atoms. The minimum Gasteiger partial charge on any atom is -0.325 e. The monoisotopic (exact) mass is 465 g/mol. The molecule has 1 atom stereocenters. The first-order valence-corrected chi connectivity index (χ1v) is 10.6. The van der Waals surface area contributed by atoms with Gasteiger partial charge in [-0.05, 0) is 49.5 Å². The van der Waals surface area contributed by atoms with Crippen molar-refractivity contribution in [2.24, 2.45) is 5.73 Å². The first kappa shape index (κ1) is 25.0. The molecule has 1 aromatic heterocycles. The normalized spacial score (nSPS) is 14.1. The van der Waals surface area contributed by atoms with Crippen LogP contribution in [-0.4, -0.2) is 38.7 Å². The molecule has 3 rings (SSSR count). The van der Waals surface area contributed by atoms with Gasteiger partial charge >= 0.3 is 0 Å². The summed E-state index contributed by atoms with van der Waals surface area (Å²) in [5.74, 6) is 2.43. The van der Waals surface area contributed by atoms with Gasteiger partial charge in [-0.15, -0.1) is 35.0 Å². The van der Waals surface area contributed by atoms with Crippen LogP contribution < -0.4 is 11.1 Å². The third-order valence-corrected chi connectivity index (χ3v) is 5.53. The van der Waals surface area contributed by atoms with Gasteiger partial charge in [0, 0.05) is 24.2 Å². The quantitative estimate of drug-likeness (QED) is 0.667. The molecule has 0 fully saturated rings. The van der Waals surface area contributed by atoms with E-state index in [1.165, 1.54) is 6.42 Å². The maximum absolute atomic E-state index is 12.3. The summed E-state index contributed by atoms with van der Waals surface area (Å²) in [5, 5.41) is 12.2. The predicted molar refractivity (Wildman–Crippen MR) is 122 cm³/mol. The van der Waals surface area contributed by atoms with Crippen molar-refractivity contribution >= 4 is 59.8 Å². The van der Waals surface area contributed by atoms with Crippen molar-refractivity contribution in [3.8, 4) is 11.4 Å². The van der Waals surface area contributed by atoms with Gasteiger partial charge in [-0.2, -0.15) is 11.8 Å². The Morgan fingerprint density at radius 1 is 1.32 bits per heavy atom. The number of hydrogen-bond donors (Lipinski definition) is 2. The fourth-order valence-corrected chi connectivity index (χ4v) is 3.76. The lowest BCUT2D eigenvalue weighted by Gasteiger charge is -2.13. The van der Waals surface area contributed by atoms with E-state index in [0.29, 0.717) is 17.1 Å². The van der Waals surface area contributed by atoms with Gasteiger partial charge in [0.1, 0.15) is 5.82 Å². The number of thioether (sulfide) groups is 1. The SMILES string of the molecule is CSCC[C@H](N)C(=O)Nc1ccc(Cl)c(-c2nnc3n2CCCCC3)c1.Cl.Cl. The highest BCUT2D eigenvalue weighted by Crippen LogP contribution is 2.31. The van der Waals surface area contributed by atoms with E-state index in [2.05, 4.69) is 20.1 Å². The van der Waals surface area contributed by atoms with Gasteiger partial charge in [0.05, 0.1) is 11.1 Å². The number of nitrogens with two attached hydrogens (primary N) is 1. The van der Waals surface area contributed by atoms with Crippen molar-refractivity contribution in [3.63, 3.8) is 0 Å². The predicted octanol–water partition coefficient (Wildman–Crippen LogP) is 4.19. The average Bonchev–Trinajstić information content (AvgIpc) is 2.89. The number of hydrogen-bond acceptors (Lipinski definition) is 5. The van der Waals surface area contributed by atoms with Gasteiger partial charge in [-0.3, -0.25) is 4.79 Å². The van der Waals surface area contributed by atoms with E-state index in [1.807, 2.05) is 12.3 Å². The van der Waals surface area contributed by atoms with Crippen LogP contribution in [-0.2, 0) is 17.8 Å². The number of halogens is 3. The van der Waals surface area contributed by atoms with Crippen molar-refractivity contribution in [2.75, 3.05) is 17.3 Å². The standard InChI is InChI=1S/C18H24ClN5OS.2ClH/c1-26-10-8-15(20)18(25)21-12-6-7-14(19)13(11-12)17-23-22-16-5-3-2-4-9-24(16)17;;/h6-7,11,15H,2-5,8-10,20H2,1H3,(H,21,25);2*1H/t15-;;/m0../s1. The molecule has 28 heavy (non-hydrogen) atoms. The number of nitrogens with zero attached hydrogens (tertiary/aromatic N) is 3. The third kappa shape index (κ3) is 6.00. The zero-order valence-electron chi connectivity index (χ0n) is 15.7. The minimum absolute atomic E-state index is 0. The van der Waals surface area contributed by atoms with Crippen molar-refractivity contribution in [1.29, 1.82) is 0 Å². The summed E-state index contributed by atoms with van der Waals surface area (Å²) >= 11 is 8.09. The highest BCUT2D eigenvalue weighted by Gasteiger charge is 2.19. The van der Waals surface area contributed by atoms with Crippen LogP contribution in [0.25, 0.3) is 11.4 Å². The summed E-state index contributed by atoms with van der Waals surface area (Å²) in [7, 11) is 0. The van der Waals surface area contributed by atoms with Crippen LogP contribution in [0.2, 0.25) is 5.02 Å². The van der Waals surface area contributed by atoms with Crippen LogP contribution in [0.5, 0.6) is 0 Å². The van der Waals surface area contributed by atoms with Crippen molar-refractivity contribution in [2.45, 2.75) is 44.7 Å². The Kier molecular flexibility index (Phi) is 10.6. The molecule has 2 heterocycles. The number of fused-ring (bicyclic) bond motifs is 1. The molecule has 156 valence electrons. The van der Waals surface area contributed by atoms with E-state index in [0.717, 1.165) is 48.8 Å². The first-order chi connectivity index (χ1) is 12.6. The van der Waals surface area contributed by atoms with Crippen LogP contribution >= 0.6 is 48.2 Å². The molecule has 0 aliphatic carbocycles. The van der Waals surface area contributed by atoms with E-state index in [-0.39, 0.29) is 30.7 Å². The van der Waals surface area contributed by atoms with Crippen molar-refractivity contribution < 1.29 is 4.79 Å². The molecule has 0 radical (unpaired) electrons. The molecule has 0 saturated heterocycles. The number of carbonyl (C=O) groups excluding carboxylic acids is 1. The van der Waals surface area contributed by atoms with Crippen LogP contribution in [0.15, 0.2) is 18.2 Å². The Morgan fingerprint density at radius 2 is 2.11 bits per heavy atom. The van der Waals surface area contributed by atoms with Gasteiger partial charge in [0.2, 0.25) is 5.91 Å². The molecule has 6 nitrogen and oxygen atoms in total. The number of benzene rings is 1. The lowest BCUT2D eigenvalue weighted by Crippen LogP contribution is -2.36. The number of rotatable bonds is 6. The van der Waals surface area contributed by atoms with Crippen LogP contribution in [0.4, 0.5) is 5.69 Å². The van der Waals surface area contributed by atoms with E-state index in [4.69, 9.17) is 17.3 Å². The second-order valence-electron chi connectivity index (χ2n) is 6.47. The molecule has 1 aromatic carbocycles. The second-order valence-corrected chi connectivity index (χ2v) is 7.87. The number of carbonyl (C=O) groups is 1. The smallest absolute Gasteiger partial charge is 0.241 e. The number of nitrogens with one attached hydrogen (secondary N) is 1. The largest absolute Gasteiger partial charge is 0.325 e. The maximum atomic E-state index is 12.3. The Hall–Kier alpha value is -0.990. The summed E-state index contributed by atoms with van der Waals surface area (Å²) in [6.07, 6.45) is 7.01. The van der Waals surface area contributed by atoms with Gasteiger partial charge < -0.3 is 15.6 Å². The molecule has 0 saturated carbocycles. The number of anilines is 1. The Morgan fingerprint density at radius 3 is 2.86 bits per heavy atom. The molecule has 0 unspecified atom stereocenters. The topological polar surface area (TPSA) is 85.8 Å². The fraction of sp³-hybridized carbons (Fsp3) is 0.500. The van der Waals surface area contributed by atoms with Gasteiger partial charge in [0.25, 0.3) is 0 Å². The van der Waals surface area contributed by atoms with Gasteiger partial charge in [-0.25, -0.2) is 0 Å². The number of amides is 1. The highest BCUT2D eigenvalue weighted by molar-refractivity contribution is 7.98. The second kappa shape index (κ2) is 11.9. The van der Waals surface area contributed by atoms with E-state index >= 15 is 0 Å². The zero-order chi connectivity index (χ0) is 18.5. The van der Waals surface area contributed by atoms with E-state index in [9.17, 15) is 4.79 Å². The Labute approximate surface area is 187 Å². The van der Waals surface area contributed by atoms with Crippen LogP contribution in [0.1, 0.15) is 31.5 Å². The Balaban J connectivity index is 0.00000196. The zero-order valence-corrected chi connectivity index (χ0v) is 18.9. The fourth-order valence-electron chi connectivity index (χ4n) is 3.07. The summed E-state index contributed by atoms with van der Waals surface area (Å²) in [4.78, 5) is 12.3. The van der Waals surface area contributed by atoms with Crippen LogP contribution in [0, 0.1) is 0 Å². The molecule has 0 bridgehead atoms. The molecule has 1 amide bonds. The minimum atomic E-state index is -0.522. The van der Waals surface area contributed by atoms with Crippen LogP contribution in [0.3, 0.4) is 0 Å². The van der Waals surface area contributed by atoms with Crippen molar-refractivity contribution in [1.82, 2.24) is 14.8 Å². The summed E-state index contributed by atoms with van der Waals surface area (Å²) in [6.45, 7) is 0.893. The van der Waals surface area contributed by atoms with E-state index in [1.54, 1.807) is 23.9 Å². The van der Waals surface area contributed by atoms with E-state index < -0.39 is 6.04 Å². The molecule has 1 aliphatic heterocycles. The molecular formula is C18H26Cl3N5OS. The molecular weight excluding hydrogens is 441 g/mol. The van der Waals surface area contributed by atoms with Crippen molar-refractivity contribution in [3.05, 3.63) is 29.0 Å². The summed E-state index contributed by atoms with van der Waals surface area (Å²) in [5.41, 5.74) is 7.39. The lowest BCUT2D eigenvalue weighted by molar-refractivity contribution is -0.117. The molecule has 2 aromatic rings. The molecule has 10 heteroatoms. The van der Waals surface area contributed by atoms with Gasteiger partial charge in [-0.1, -0.05) is 18.0 Å². The Bertz CT molecular complexity index is 787.